The van der Waals surface area contributed by atoms with Crippen LogP contribution in [0.1, 0.15) is 155 Å². The molecule has 0 aliphatic carbocycles. The van der Waals surface area contributed by atoms with E-state index in [0.29, 0.717) is 13.1 Å². The number of alkyl carbamates (subject to hydrolysis) is 2. The average Bonchev–Trinajstić information content (AvgIpc) is 3.37. The van der Waals surface area contributed by atoms with Gasteiger partial charge in [0, 0.05) is 19.5 Å². The van der Waals surface area contributed by atoms with Gasteiger partial charge in [0.1, 0.15) is 30.6 Å². The van der Waals surface area contributed by atoms with Gasteiger partial charge in [-0.15, -0.1) is 0 Å². The lowest BCUT2D eigenvalue weighted by Gasteiger charge is -2.18. The van der Waals surface area contributed by atoms with Crippen molar-refractivity contribution < 1.29 is 38.5 Å². The van der Waals surface area contributed by atoms with Crippen LogP contribution in [0, 0.1) is 0 Å². The fourth-order valence-electron chi connectivity index (χ4n) is 5.28. The molecule has 1 heterocycles. The molecule has 1 aliphatic heterocycles. The summed E-state index contributed by atoms with van der Waals surface area (Å²) in [7, 11) is 0. The first-order chi connectivity index (χ1) is 21.9. The maximum atomic E-state index is 12.5. The molecule has 2 amide bonds. The molecule has 0 fully saturated rings. The number of aliphatic hydroxyl groups is 1. The molecule has 10 nitrogen and oxygen atoms in total. The largest absolute Gasteiger partial charge is 0.508 e. The molecule has 0 spiro atoms. The number of ether oxygens (including phenoxy) is 3. The fraction of sp³-hybridized carbons (Fsp3) is 0.829. The van der Waals surface area contributed by atoms with E-state index in [-0.39, 0.29) is 31.6 Å². The fourth-order valence-corrected chi connectivity index (χ4v) is 5.28. The highest BCUT2D eigenvalue weighted by Crippen LogP contribution is 2.18. The Morgan fingerprint density at radius 3 is 1.60 bits per heavy atom. The molecule has 0 radical (unpaired) electrons. The van der Waals surface area contributed by atoms with E-state index >= 15 is 0 Å². The second-order valence-electron chi connectivity index (χ2n) is 12.2. The van der Waals surface area contributed by atoms with E-state index in [9.17, 15) is 24.3 Å². The number of unbranched alkanes of at least 4 members (excludes halogenated alkanes) is 18. The number of esters is 1. The number of hydrogen-bond donors (Lipinski definition) is 3. The first-order valence-corrected chi connectivity index (χ1v) is 17.9. The van der Waals surface area contributed by atoms with E-state index in [1.807, 2.05) is 0 Å². The van der Waals surface area contributed by atoms with Crippen LogP contribution in [0.4, 0.5) is 9.59 Å². The number of amides is 2. The molecule has 0 aromatic carbocycles. The summed E-state index contributed by atoms with van der Waals surface area (Å²) in [5, 5.41) is 15.3. The number of rotatable bonds is 29. The molecule has 0 aromatic rings. The van der Waals surface area contributed by atoms with Crippen LogP contribution in [0.15, 0.2) is 11.3 Å². The molecule has 0 bridgehead atoms. The molecule has 260 valence electrons. The van der Waals surface area contributed by atoms with Gasteiger partial charge in [-0.25, -0.2) is 14.4 Å². The average molecular weight is 639 g/mol. The van der Waals surface area contributed by atoms with Crippen LogP contribution in [-0.4, -0.2) is 61.5 Å². The third-order valence-electron chi connectivity index (χ3n) is 8.08. The van der Waals surface area contributed by atoms with Crippen molar-refractivity contribution in [2.75, 3.05) is 26.3 Å². The molecule has 0 saturated heterocycles. The van der Waals surface area contributed by atoms with Crippen molar-refractivity contribution in [3.8, 4) is 0 Å². The number of hydrogen-bond acceptors (Lipinski definition) is 8. The van der Waals surface area contributed by atoms with Gasteiger partial charge in [0.25, 0.3) is 0 Å². The van der Waals surface area contributed by atoms with E-state index in [1.54, 1.807) is 0 Å². The van der Waals surface area contributed by atoms with Crippen molar-refractivity contribution in [1.82, 2.24) is 10.6 Å². The van der Waals surface area contributed by atoms with E-state index < -0.39 is 35.8 Å². The molecule has 1 atom stereocenters. The van der Waals surface area contributed by atoms with Crippen LogP contribution < -0.4 is 10.6 Å². The van der Waals surface area contributed by atoms with Crippen LogP contribution >= 0.6 is 0 Å². The molecule has 3 N–H and O–H groups in total. The number of Topliss-reactive ketones (excluding diaryl/α,β-unsaturated/α-hetero) is 1. The molecule has 1 unspecified atom stereocenters. The van der Waals surface area contributed by atoms with Gasteiger partial charge in [0.15, 0.2) is 5.78 Å². The Bertz CT molecular complexity index is 861. The summed E-state index contributed by atoms with van der Waals surface area (Å²) in [6.07, 6.45) is 21.6. The third kappa shape index (κ3) is 21.6. The smallest absolute Gasteiger partial charge is 0.407 e. The van der Waals surface area contributed by atoms with Gasteiger partial charge in [0.2, 0.25) is 0 Å². The molecule has 1 aliphatic rings. The Labute approximate surface area is 271 Å². The first-order valence-electron chi connectivity index (χ1n) is 17.9. The summed E-state index contributed by atoms with van der Waals surface area (Å²) >= 11 is 0. The molecule has 0 aromatic heterocycles. The maximum Gasteiger partial charge on any atom is 0.407 e. The summed E-state index contributed by atoms with van der Waals surface area (Å²) < 4.78 is 15.4. The predicted molar refractivity (Wildman–Crippen MR) is 176 cm³/mol. The lowest BCUT2D eigenvalue weighted by Crippen LogP contribution is -2.35. The van der Waals surface area contributed by atoms with Crippen LogP contribution in [0.5, 0.6) is 0 Å². The number of carbonyl (C=O) groups is 4. The zero-order valence-corrected chi connectivity index (χ0v) is 28.3. The second-order valence-corrected chi connectivity index (χ2v) is 12.2. The Balaban J connectivity index is 2.33. The highest BCUT2D eigenvalue weighted by Gasteiger charge is 2.31. The minimum absolute atomic E-state index is 0.0142. The monoisotopic (exact) mass is 638 g/mol. The highest BCUT2D eigenvalue weighted by molar-refractivity contribution is 6.18. The Morgan fingerprint density at radius 1 is 0.711 bits per heavy atom. The molecule has 1 rings (SSSR count). The Hall–Kier alpha value is -2.78. The van der Waals surface area contributed by atoms with Crippen LogP contribution in [-0.2, 0) is 23.8 Å². The second kappa shape index (κ2) is 27.5. The van der Waals surface area contributed by atoms with Gasteiger partial charge in [-0.2, -0.15) is 0 Å². The summed E-state index contributed by atoms with van der Waals surface area (Å²) in [5.41, 5.74) is -0.380. The Kier molecular flexibility index (Phi) is 24.6. The van der Waals surface area contributed by atoms with Crippen molar-refractivity contribution in [2.24, 2.45) is 0 Å². The Morgan fingerprint density at radius 2 is 1.16 bits per heavy atom. The van der Waals surface area contributed by atoms with Gasteiger partial charge < -0.3 is 30.0 Å². The number of ketones is 1. The molecule has 0 saturated carbocycles. The van der Waals surface area contributed by atoms with Crippen molar-refractivity contribution >= 4 is 23.9 Å². The number of nitrogens with one attached hydrogen (secondary N) is 2. The van der Waals surface area contributed by atoms with Crippen molar-refractivity contribution in [3.63, 3.8) is 0 Å². The van der Waals surface area contributed by atoms with Gasteiger partial charge in [-0.05, 0) is 19.3 Å². The van der Waals surface area contributed by atoms with Crippen LogP contribution in [0.3, 0.4) is 0 Å². The standard InChI is InChI=1S/C35H62N2O8/c1-3-5-7-9-11-13-15-17-19-21-25-36-34(41)44-27-29(23-24-30(38)32-31(39)28-43-33(32)40)45-35(42)37-26-22-20-18-16-14-12-10-8-6-4-2/h29,39H,3-28H2,1-2H3,(H,36,41)(H,37,42). The quantitative estimate of drug-likeness (QED) is 0.0321. The summed E-state index contributed by atoms with van der Waals surface area (Å²) in [4.78, 5) is 49.0. The summed E-state index contributed by atoms with van der Waals surface area (Å²) in [6, 6.07) is 0. The third-order valence-corrected chi connectivity index (χ3v) is 8.08. The summed E-state index contributed by atoms with van der Waals surface area (Å²) in [6.45, 7) is 4.84. The van der Waals surface area contributed by atoms with Crippen molar-refractivity contribution in [3.05, 3.63) is 11.3 Å². The van der Waals surface area contributed by atoms with E-state index in [2.05, 4.69) is 29.2 Å². The number of aliphatic hydroxyl groups excluding tert-OH is 1. The molecule has 10 heteroatoms. The normalized spacial score (nSPS) is 13.4. The lowest BCUT2D eigenvalue weighted by molar-refractivity contribution is -0.137. The topological polar surface area (TPSA) is 140 Å². The van der Waals surface area contributed by atoms with Gasteiger partial charge >= 0.3 is 18.2 Å². The highest BCUT2D eigenvalue weighted by atomic mass is 16.6. The SMILES string of the molecule is CCCCCCCCCCCCNC(=O)OCC(CCC(=O)C1=C(O)COC1=O)OC(=O)NCCCCCCCCCCCC. The van der Waals surface area contributed by atoms with Gasteiger partial charge in [0.05, 0.1) is 0 Å². The van der Waals surface area contributed by atoms with Crippen LogP contribution in [0.25, 0.3) is 0 Å². The van der Waals surface area contributed by atoms with E-state index in [4.69, 9.17) is 9.47 Å². The number of cyclic esters (lactones) is 1. The van der Waals surface area contributed by atoms with Crippen molar-refractivity contribution in [1.29, 1.82) is 0 Å². The van der Waals surface area contributed by atoms with Gasteiger partial charge in [-0.3, -0.25) is 4.79 Å². The van der Waals surface area contributed by atoms with Crippen molar-refractivity contribution in [2.45, 2.75) is 161 Å². The van der Waals surface area contributed by atoms with E-state index in [0.717, 1.165) is 38.5 Å². The minimum Gasteiger partial charge on any atom is -0.508 e. The zero-order valence-electron chi connectivity index (χ0n) is 28.3. The minimum atomic E-state index is -0.898. The van der Waals surface area contributed by atoms with Gasteiger partial charge in [-0.1, -0.05) is 129 Å². The summed E-state index contributed by atoms with van der Waals surface area (Å²) in [5.74, 6) is -1.88. The molecule has 45 heavy (non-hydrogen) atoms. The van der Waals surface area contributed by atoms with E-state index in [1.165, 1.54) is 89.9 Å². The zero-order chi connectivity index (χ0) is 33.0. The lowest BCUT2D eigenvalue weighted by atomic mass is 10.0. The molecular formula is C35H62N2O8. The van der Waals surface area contributed by atoms with Crippen LogP contribution in [0.2, 0.25) is 0 Å². The molecular weight excluding hydrogens is 576 g/mol. The first kappa shape index (κ1) is 40.2. The number of carbonyl (C=O) groups excluding carboxylic acids is 4. The predicted octanol–water partition coefficient (Wildman–Crippen LogP) is 8.37. The maximum absolute atomic E-state index is 12.5.